The summed E-state index contributed by atoms with van der Waals surface area (Å²) in [4.78, 5) is 22.5. The van der Waals surface area contributed by atoms with E-state index < -0.39 is 0 Å². The molecule has 0 radical (unpaired) electrons. The number of nitrogens with zero attached hydrogens (tertiary/aromatic N) is 3. The molecule has 1 saturated heterocycles. The van der Waals surface area contributed by atoms with Crippen molar-refractivity contribution < 1.29 is 9.53 Å². The van der Waals surface area contributed by atoms with Crippen molar-refractivity contribution in [3.05, 3.63) is 60.2 Å². The molecule has 1 aromatic carbocycles. The summed E-state index contributed by atoms with van der Waals surface area (Å²) in [5.41, 5.74) is 1.60. The lowest BCUT2D eigenvalue weighted by Gasteiger charge is -2.38. The molecule has 2 heterocycles. The molecule has 0 saturated carbocycles. The van der Waals surface area contributed by atoms with Gasteiger partial charge in [0.1, 0.15) is 5.69 Å². The van der Waals surface area contributed by atoms with Crippen molar-refractivity contribution in [2.75, 3.05) is 13.2 Å². The van der Waals surface area contributed by atoms with Crippen molar-refractivity contribution in [1.82, 2.24) is 14.9 Å². The molecule has 2 aromatic rings. The summed E-state index contributed by atoms with van der Waals surface area (Å²) in [5, 5.41) is 0. The van der Waals surface area contributed by atoms with Crippen LogP contribution in [0.2, 0.25) is 0 Å². The summed E-state index contributed by atoms with van der Waals surface area (Å²) >= 11 is 0. The molecular weight excluding hydrogens is 278 g/mol. The third-order valence-electron chi connectivity index (χ3n) is 3.85. The largest absolute Gasteiger partial charge is 0.374 e. The van der Waals surface area contributed by atoms with Crippen LogP contribution in [0.25, 0.3) is 0 Å². The molecule has 0 bridgehead atoms. The average molecular weight is 297 g/mol. The molecule has 0 spiro atoms. The first-order valence-electron chi connectivity index (χ1n) is 7.46. The maximum Gasteiger partial charge on any atom is 0.274 e. The highest BCUT2D eigenvalue weighted by molar-refractivity contribution is 5.92. The van der Waals surface area contributed by atoms with Crippen LogP contribution in [0.1, 0.15) is 23.0 Å². The fourth-order valence-electron chi connectivity index (χ4n) is 2.66. The molecule has 1 aliphatic rings. The number of hydrogen-bond acceptors (Lipinski definition) is 4. The summed E-state index contributed by atoms with van der Waals surface area (Å²) in [6, 6.07) is 10.2. The minimum absolute atomic E-state index is 0.0132. The summed E-state index contributed by atoms with van der Waals surface area (Å²) in [7, 11) is 0. The molecule has 114 valence electrons. The maximum absolute atomic E-state index is 12.6. The highest BCUT2D eigenvalue weighted by Crippen LogP contribution is 2.17. The lowest BCUT2D eigenvalue weighted by molar-refractivity contribution is -0.0465. The van der Waals surface area contributed by atoms with Gasteiger partial charge in [-0.3, -0.25) is 9.78 Å². The molecule has 0 aliphatic carbocycles. The van der Waals surface area contributed by atoms with Gasteiger partial charge in [-0.25, -0.2) is 4.98 Å². The monoisotopic (exact) mass is 297 g/mol. The maximum atomic E-state index is 12.6. The molecular formula is C17H19N3O2. The molecule has 5 nitrogen and oxygen atoms in total. The Bertz CT molecular complexity index is 618. The zero-order valence-corrected chi connectivity index (χ0v) is 12.6. The summed E-state index contributed by atoms with van der Waals surface area (Å²) in [6.45, 7) is 3.11. The van der Waals surface area contributed by atoms with Crippen molar-refractivity contribution in [3.8, 4) is 0 Å². The highest BCUT2D eigenvalue weighted by Gasteiger charge is 2.30. The van der Waals surface area contributed by atoms with Gasteiger partial charge in [0.15, 0.2) is 0 Å². The second kappa shape index (κ2) is 6.66. The van der Waals surface area contributed by atoms with Gasteiger partial charge in [0, 0.05) is 25.4 Å². The number of benzene rings is 1. The number of amides is 1. The lowest BCUT2D eigenvalue weighted by atomic mass is 10.1. The van der Waals surface area contributed by atoms with Crippen LogP contribution in [0.4, 0.5) is 0 Å². The third kappa shape index (κ3) is 3.31. The minimum atomic E-state index is -0.0815. The quantitative estimate of drug-likeness (QED) is 0.869. The average Bonchev–Trinajstić information content (AvgIpc) is 2.58. The van der Waals surface area contributed by atoms with E-state index in [0.29, 0.717) is 18.8 Å². The molecule has 1 aliphatic heterocycles. The van der Waals surface area contributed by atoms with E-state index in [1.54, 1.807) is 12.4 Å². The summed E-state index contributed by atoms with van der Waals surface area (Å²) < 4.78 is 5.88. The van der Waals surface area contributed by atoms with Crippen LogP contribution in [-0.2, 0) is 11.2 Å². The van der Waals surface area contributed by atoms with Gasteiger partial charge in [-0.1, -0.05) is 30.3 Å². The SMILES string of the molecule is CC1COC(Cc2ccccc2)CN1C(=O)c1cnccn1. The Balaban J connectivity index is 1.70. The standard InChI is InChI=1S/C17H19N3O2/c1-13-12-22-15(9-14-5-3-2-4-6-14)11-20(13)17(21)16-10-18-7-8-19-16/h2-8,10,13,15H,9,11-12H2,1H3. The zero-order valence-electron chi connectivity index (χ0n) is 12.6. The predicted octanol–water partition coefficient (Wildman–Crippen LogP) is 1.95. The number of rotatable bonds is 3. The second-order valence-electron chi connectivity index (χ2n) is 5.54. The van der Waals surface area contributed by atoms with Gasteiger partial charge in [-0.2, -0.15) is 0 Å². The lowest BCUT2D eigenvalue weighted by Crippen LogP contribution is -2.51. The molecule has 3 rings (SSSR count). The Kier molecular flexibility index (Phi) is 4.44. The van der Waals surface area contributed by atoms with Crippen molar-refractivity contribution in [3.63, 3.8) is 0 Å². The zero-order chi connectivity index (χ0) is 15.4. The molecule has 1 amide bonds. The van der Waals surface area contributed by atoms with Crippen LogP contribution in [0.15, 0.2) is 48.9 Å². The summed E-state index contributed by atoms with van der Waals surface area (Å²) in [5.74, 6) is -0.0815. The summed E-state index contributed by atoms with van der Waals surface area (Å²) in [6.07, 6.45) is 5.44. The Labute approximate surface area is 130 Å². The Morgan fingerprint density at radius 3 is 2.86 bits per heavy atom. The fraction of sp³-hybridized carbons (Fsp3) is 0.353. The molecule has 1 aromatic heterocycles. The second-order valence-corrected chi connectivity index (χ2v) is 5.54. The van der Waals surface area contributed by atoms with Crippen molar-refractivity contribution in [1.29, 1.82) is 0 Å². The van der Waals surface area contributed by atoms with Crippen molar-refractivity contribution in [2.45, 2.75) is 25.5 Å². The van der Waals surface area contributed by atoms with Gasteiger partial charge in [-0.15, -0.1) is 0 Å². The van der Waals surface area contributed by atoms with Crippen LogP contribution in [0.3, 0.4) is 0 Å². The molecule has 2 atom stereocenters. The number of carbonyl (C=O) groups is 1. The fourth-order valence-corrected chi connectivity index (χ4v) is 2.66. The van der Waals surface area contributed by atoms with Gasteiger partial charge in [0.05, 0.1) is 24.9 Å². The van der Waals surface area contributed by atoms with Gasteiger partial charge in [-0.05, 0) is 12.5 Å². The Morgan fingerprint density at radius 2 is 2.14 bits per heavy atom. The van der Waals surface area contributed by atoms with E-state index >= 15 is 0 Å². The molecule has 0 N–H and O–H groups in total. The molecule has 2 unspecified atom stereocenters. The molecule has 22 heavy (non-hydrogen) atoms. The topological polar surface area (TPSA) is 55.3 Å². The van der Waals surface area contributed by atoms with Crippen molar-refractivity contribution >= 4 is 5.91 Å². The van der Waals surface area contributed by atoms with E-state index in [4.69, 9.17) is 4.74 Å². The van der Waals surface area contributed by atoms with Crippen LogP contribution in [-0.4, -0.2) is 46.1 Å². The van der Waals surface area contributed by atoms with Crippen molar-refractivity contribution in [2.24, 2.45) is 0 Å². The Hall–Kier alpha value is -2.27. The van der Waals surface area contributed by atoms with E-state index in [-0.39, 0.29) is 18.1 Å². The molecule has 1 fully saturated rings. The first-order chi connectivity index (χ1) is 10.7. The van der Waals surface area contributed by atoms with E-state index in [2.05, 4.69) is 22.1 Å². The van der Waals surface area contributed by atoms with E-state index in [1.807, 2.05) is 30.0 Å². The van der Waals surface area contributed by atoms with Crippen LogP contribution < -0.4 is 0 Å². The first kappa shape index (κ1) is 14.7. The Morgan fingerprint density at radius 1 is 1.32 bits per heavy atom. The van der Waals surface area contributed by atoms with Crippen LogP contribution in [0.5, 0.6) is 0 Å². The number of carbonyl (C=O) groups excluding carboxylic acids is 1. The van der Waals surface area contributed by atoms with Gasteiger partial charge < -0.3 is 9.64 Å². The van der Waals surface area contributed by atoms with Crippen LogP contribution >= 0.6 is 0 Å². The number of ether oxygens (including phenoxy) is 1. The van der Waals surface area contributed by atoms with E-state index in [1.165, 1.54) is 11.8 Å². The number of morpholine rings is 1. The minimum Gasteiger partial charge on any atom is -0.374 e. The first-order valence-corrected chi connectivity index (χ1v) is 7.46. The third-order valence-corrected chi connectivity index (χ3v) is 3.85. The smallest absolute Gasteiger partial charge is 0.274 e. The highest BCUT2D eigenvalue weighted by atomic mass is 16.5. The van der Waals surface area contributed by atoms with E-state index in [0.717, 1.165) is 6.42 Å². The van der Waals surface area contributed by atoms with Crippen LogP contribution in [0, 0.1) is 0 Å². The normalized spacial score (nSPS) is 21.6. The predicted molar refractivity (Wildman–Crippen MR) is 82.4 cm³/mol. The van der Waals surface area contributed by atoms with Gasteiger partial charge in [0.2, 0.25) is 0 Å². The number of aromatic nitrogens is 2. The van der Waals surface area contributed by atoms with Gasteiger partial charge in [0.25, 0.3) is 5.91 Å². The molecule has 5 heteroatoms. The number of hydrogen-bond donors (Lipinski definition) is 0. The van der Waals surface area contributed by atoms with E-state index in [9.17, 15) is 4.79 Å². The van der Waals surface area contributed by atoms with Gasteiger partial charge >= 0.3 is 0 Å².